The minimum Gasteiger partial charge on any atom is -0.330 e. The lowest BCUT2D eigenvalue weighted by Crippen LogP contribution is -2.02. The molecule has 1 aromatic carbocycles. The molecule has 0 saturated carbocycles. The molecule has 0 unspecified atom stereocenters. The third kappa shape index (κ3) is 2.86. The first-order valence-electron chi connectivity index (χ1n) is 6.29. The summed E-state index contributed by atoms with van der Waals surface area (Å²) in [7, 11) is 0. The fourth-order valence-corrected chi connectivity index (χ4v) is 4.55. The summed E-state index contributed by atoms with van der Waals surface area (Å²) < 4.78 is 1.13. The number of benzene rings is 1. The third-order valence-corrected chi connectivity index (χ3v) is 5.81. The van der Waals surface area contributed by atoms with Gasteiger partial charge in [0.05, 0.1) is 14.4 Å². The predicted octanol–water partition coefficient (Wildman–Crippen LogP) is 4.80. The summed E-state index contributed by atoms with van der Waals surface area (Å²) in [6.45, 7) is 0.648. The van der Waals surface area contributed by atoms with Gasteiger partial charge in [0.15, 0.2) is 0 Å². The summed E-state index contributed by atoms with van der Waals surface area (Å²) in [6, 6.07) is 14.5. The summed E-state index contributed by atoms with van der Waals surface area (Å²) in [4.78, 5) is 7.29. The van der Waals surface area contributed by atoms with E-state index in [1.807, 2.05) is 18.2 Å². The normalized spacial score (nSPS) is 10.9. The zero-order valence-corrected chi connectivity index (χ0v) is 13.9. The number of thiophene rings is 1. The average molecular weight is 365 g/mol. The van der Waals surface area contributed by atoms with Crippen molar-refractivity contribution in [1.82, 2.24) is 4.98 Å². The van der Waals surface area contributed by atoms with Crippen LogP contribution in [0, 0.1) is 0 Å². The smallest absolute Gasteiger partial charge is 0.134 e. The van der Waals surface area contributed by atoms with Gasteiger partial charge in [-0.05, 0) is 41.0 Å². The molecule has 0 spiro atoms. The zero-order valence-electron chi connectivity index (χ0n) is 10.7. The molecule has 0 aliphatic carbocycles. The van der Waals surface area contributed by atoms with E-state index in [0.717, 1.165) is 26.5 Å². The van der Waals surface area contributed by atoms with Gasteiger partial charge in [0.2, 0.25) is 0 Å². The molecule has 2 nitrogen and oxygen atoms in total. The Morgan fingerprint density at radius 1 is 1.05 bits per heavy atom. The van der Waals surface area contributed by atoms with E-state index in [-0.39, 0.29) is 0 Å². The Hall–Kier alpha value is -1.01. The molecule has 102 valence electrons. The Kier molecular flexibility index (Phi) is 4.31. The molecule has 0 radical (unpaired) electrons. The lowest BCUT2D eigenvalue weighted by Gasteiger charge is -2.00. The van der Waals surface area contributed by atoms with Crippen molar-refractivity contribution in [3.8, 4) is 21.1 Å². The van der Waals surface area contributed by atoms with Gasteiger partial charge in [-0.15, -0.1) is 22.7 Å². The van der Waals surface area contributed by atoms with Crippen LogP contribution in [0.3, 0.4) is 0 Å². The number of rotatable bonds is 4. The minimum atomic E-state index is 0.648. The minimum absolute atomic E-state index is 0.648. The van der Waals surface area contributed by atoms with E-state index in [1.165, 1.54) is 9.75 Å². The predicted molar refractivity (Wildman–Crippen MR) is 91.3 cm³/mol. The van der Waals surface area contributed by atoms with Crippen LogP contribution in [-0.4, -0.2) is 11.5 Å². The molecule has 0 bridgehead atoms. The van der Waals surface area contributed by atoms with Crippen molar-refractivity contribution in [2.24, 2.45) is 5.73 Å². The van der Waals surface area contributed by atoms with Crippen molar-refractivity contribution >= 4 is 38.6 Å². The van der Waals surface area contributed by atoms with Crippen molar-refractivity contribution in [3.63, 3.8) is 0 Å². The Morgan fingerprint density at radius 2 is 1.85 bits per heavy atom. The number of nitrogens with two attached hydrogens (primary N) is 1. The van der Waals surface area contributed by atoms with Crippen molar-refractivity contribution < 1.29 is 0 Å². The highest BCUT2D eigenvalue weighted by Crippen LogP contribution is 2.38. The van der Waals surface area contributed by atoms with Gasteiger partial charge in [0.25, 0.3) is 0 Å². The second-order valence-corrected chi connectivity index (χ2v) is 7.85. The third-order valence-electron chi connectivity index (χ3n) is 2.90. The van der Waals surface area contributed by atoms with Crippen molar-refractivity contribution in [1.29, 1.82) is 0 Å². The lowest BCUT2D eigenvalue weighted by molar-refractivity contribution is 0.986. The number of thiazole rings is 1. The second kappa shape index (κ2) is 6.18. The first-order chi connectivity index (χ1) is 9.78. The molecule has 0 aliphatic heterocycles. The van der Waals surface area contributed by atoms with Crippen molar-refractivity contribution in [2.75, 3.05) is 6.54 Å². The van der Waals surface area contributed by atoms with Crippen LogP contribution in [0.4, 0.5) is 0 Å². The highest BCUT2D eigenvalue weighted by atomic mass is 79.9. The molecule has 2 N–H and O–H groups in total. The molecule has 0 fully saturated rings. The molecule has 3 rings (SSSR count). The van der Waals surface area contributed by atoms with Crippen LogP contribution >= 0.6 is 38.6 Å². The summed E-state index contributed by atoms with van der Waals surface area (Å²) in [5.74, 6) is 0. The number of halogens is 1. The first-order valence-corrected chi connectivity index (χ1v) is 8.71. The van der Waals surface area contributed by atoms with Gasteiger partial charge in [0, 0.05) is 10.4 Å². The van der Waals surface area contributed by atoms with Gasteiger partial charge >= 0.3 is 0 Å². The van der Waals surface area contributed by atoms with E-state index in [2.05, 4.69) is 40.2 Å². The van der Waals surface area contributed by atoms with Gasteiger partial charge < -0.3 is 5.73 Å². The molecule has 3 aromatic rings. The van der Waals surface area contributed by atoms with E-state index < -0.39 is 0 Å². The Bertz CT molecular complexity index is 704. The van der Waals surface area contributed by atoms with E-state index in [0.29, 0.717) is 6.54 Å². The van der Waals surface area contributed by atoms with Crippen LogP contribution < -0.4 is 5.73 Å². The molecule has 0 atom stereocenters. The average Bonchev–Trinajstić information content (AvgIpc) is 3.07. The topological polar surface area (TPSA) is 38.9 Å². The van der Waals surface area contributed by atoms with E-state index in [4.69, 9.17) is 10.7 Å². The highest BCUT2D eigenvalue weighted by Gasteiger charge is 2.14. The van der Waals surface area contributed by atoms with Crippen molar-refractivity contribution in [3.05, 3.63) is 51.1 Å². The molecular weight excluding hydrogens is 352 g/mol. The summed E-state index contributed by atoms with van der Waals surface area (Å²) >= 11 is 6.96. The van der Waals surface area contributed by atoms with Crippen LogP contribution in [0.1, 0.15) is 4.88 Å². The molecule has 0 saturated heterocycles. The number of hydrogen-bond acceptors (Lipinski definition) is 4. The lowest BCUT2D eigenvalue weighted by atomic mass is 10.1. The van der Waals surface area contributed by atoms with Crippen molar-refractivity contribution in [2.45, 2.75) is 6.42 Å². The van der Waals surface area contributed by atoms with Gasteiger partial charge in [-0.3, -0.25) is 0 Å². The van der Waals surface area contributed by atoms with Crippen LogP contribution in [0.25, 0.3) is 21.1 Å². The quantitative estimate of drug-likeness (QED) is 0.721. The van der Waals surface area contributed by atoms with Crippen LogP contribution in [-0.2, 0) is 6.42 Å². The number of hydrogen-bond donors (Lipinski definition) is 1. The fourth-order valence-electron chi connectivity index (χ4n) is 2.01. The number of aromatic nitrogens is 1. The van der Waals surface area contributed by atoms with E-state index in [9.17, 15) is 0 Å². The maximum Gasteiger partial charge on any atom is 0.134 e. The first kappa shape index (κ1) is 13.9. The molecule has 20 heavy (non-hydrogen) atoms. The number of nitrogens with zero attached hydrogens (tertiary/aromatic N) is 1. The van der Waals surface area contributed by atoms with E-state index in [1.54, 1.807) is 22.7 Å². The fraction of sp³-hybridized carbons (Fsp3) is 0.133. The Labute approximate surface area is 134 Å². The Balaban J connectivity index is 2.07. The maximum absolute atomic E-state index is 5.73. The Morgan fingerprint density at radius 3 is 2.50 bits per heavy atom. The van der Waals surface area contributed by atoms with E-state index >= 15 is 0 Å². The molecular formula is C15H13BrN2S2. The largest absolute Gasteiger partial charge is 0.330 e. The molecule has 2 heterocycles. The highest BCUT2D eigenvalue weighted by molar-refractivity contribution is 9.11. The van der Waals surface area contributed by atoms with Gasteiger partial charge in [0.1, 0.15) is 5.01 Å². The van der Waals surface area contributed by atoms with Gasteiger partial charge in [-0.25, -0.2) is 4.98 Å². The maximum atomic E-state index is 5.73. The summed E-state index contributed by atoms with van der Waals surface area (Å²) in [5.41, 5.74) is 7.96. The second-order valence-electron chi connectivity index (χ2n) is 4.30. The van der Waals surface area contributed by atoms with Crippen LogP contribution in [0.15, 0.2) is 46.3 Å². The van der Waals surface area contributed by atoms with Crippen LogP contribution in [0.5, 0.6) is 0 Å². The molecule has 0 amide bonds. The molecule has 0 aliphatic rings. The molecule has 5 heteroatoms. The monoisotopic (exact) mass is 364 g/mol. The van der Waals surface area contributed by atoms with Crippen LogP contribution in [0.2, 0.25) is 0 Å². The van der Waals surface area contributed by atoms with Gasteiger partial charge in [-0.2, -0.15) is 0 Å². The standard InChI is InChI=1S/C15H13BrN2S2/c16-13-7-6-12(19-13)15-18-14(11(20-15)8-9-17)10-4-2-1-3-5-10/h1-7H,8-9,17H2. The SMILES string of the molecule is NCCc1sc(-c2ccc(Br)s2)nc1-c1ccccc1. The summed E-state index contributed by atoms with van der Waals surface area (Å²) in [6.07, 6.45) is 0.869. The summed E-state index contributed by atoms with van der Waals surface area (Å²) in [5, 5.41) is 1.07. The molecule has 2 aromatic heterocycles. The van der Waals surface area contributed by atoms with Gasteiger partial charge in [-0.1, -0.05) is 30.3 Å². The zero-order chi connectivity index (χ0) is 13.9.